The van der Waals surface area contributed by atoms with Crippen LogP contribution in [0.2, 0.25) is 0 Å². The van der Waals surface area contributed by atoms with Crippen LogP contribution in [-0.4, -0.2) is 62.4 Å². The van der Waals surface area contributed by atoms with Crippen LogP contribution >= 0.6 is 7.82 Å². The van der Waals surface area contributed by atoms with Crippen LogP contribution in [0, 0.1) is 28.5 Å². The highest BCUT2D eigenvalue weighted by Crippen LogP contribution is 2.52. The van der Waals surface area contributed by atoms with Gasteiger partial charge in [0.2, 0.25) is 5.60 Å². The Hall–Kier alpha value is -3.50. The summed E-state index contributed by atoms with van der Waals surface area (Å²) in [6.07, 6.45) is 18.2. The molecule has 0 amide bonds. The summed E-state index contributed by atoms with van der Waals surface area (Å²) in [7, 11) is -4.79. The van der Waals surface area contributed by atoms with Crippen molar-refractivity contribution < 1.29 is 41.8 Å². The number of fused-ring (bicyclic) bond motifs is 2. The number of phosphoric acid groups is 1. The maximum atomic E-state index is 14.2. The zero-order chi connectivity index (χ0) is 42.3. The average molecular weight is 841 g/mol. The number of nitriles is 2. The lowest BCUT2D eigenvalue weighted by Crippen LogP contribution is -2.45. The van der Waals surface area contributed by atoms with Crippen LogP contribution < -0.4 is 5.73 Å². The second-order valence-corrected chi connectivity index (χ2v) is 17.7. The van der Waals surface area contributed by atoms with Gasteiger partial charge in [0.15, 0.2) is 11.6 Å². The molecule has 16 heteroatoms. The van der Waals surface area contributed by atoms with Crippen molar-refractivity contribution in [3.63, 3.8) is 0 Å². The van der Waals surface area contributed by atoms with E-state index in [1.54, 1.807) is 26.0 Å². The largest absolute Gasteiger partial charge is 0.472 e. The molecule has 0 saturated carbocycles. The maximum absolute atomic E-state index is 14.2. The van der Waals surface area contributed by atoms with E-state index in [1.807, 2.05) is 6.07 Å². The first-order chi connectivity index (χ1) is 28.4. The van der Waals surface area contributed by atoms with Crippen LogP contribution in [0.25, 0.3) is 5.52 Å². The summed E-state index contributed by atoms with van der Waals surface area (Å²) in [6.45, 7) is 4.62. The summed E-state index contributed by atoms with van der Waals surface area (Å²) in [5.41, 5.74) is 5.83. The molecule has 0 bridgehead atoms. The topological polar surface area (TPSA) is 196 Å². The predicted octanol–water partition coefficient (Wildman–Crippen LogP) is 9.55. The Kier molecular flexibility index (Phi) is 17.7. The van der Waals surface area contributed by atoms with Crippen LogP contribution in [0.1, 0.15) is 153 Å². The number of hydrogen-bond acceptors (Lipinski definition) is 12. The molecule has 0 aliphatic carbocycles. The number of halogens is 1. The number of unbranched alkanes of at least 4 members (excludes halogenated alkanes) is 15. The molecular formula is C43H62FN6O8P. The van der Waals surface area contributed by atoms with Gasteiger partial charge in [-0.2, -0.15) is 15.6 Å². The van der Waals surface area contributed by atoms with Gasteiger partial charge in [-0.1, -0.05) is 110 Å². The number of nitrogens with zero attached hydrogens (tertiary/aromatic N) is 5. The van der Waals surface area contributed by atoms with Gasteiger partial charge < -0.3 is 29.6 Å². The molecule has 6 atom stereocenters. The average Bonchev–Trinajstić information content (AvgIpc) is 3.87. The van der Waals surface area contributed by atoms with Crippen molar-refractivity contribution in [3.8, 4) is 12.1 Å². The van der Waals surface area contributed by atoms with Crippen molar-refractivity contribution in [2.24, 2.45) is 0 Å². The maximum Gasteiger partial charge on any atom is 0.472 e. The first-order valence-corrected chi connectivity index (χ1v) is 22.8. The fourth-order valence-electron chi connectivity index (χ4n) is 7.93. The Morgan fingerprint density at radius 2 is 1.58 bits per heavy atom. The molecule has 5 rings (SSSR count). The Balaban J connectivity index is 1.12. The zero-order valence-electron chi connectivity index (χ0n) is 34.9. The van der Waals surface area contributed by atoms with Crippen LogP contribution in [0.3, 0.4) is 0 Å². The van der Waals surface area contributed by atoms with Crippen molar-refractivity contribution in [2.45, 2.75) is 172 Å². The molecule has 324 valence electrons. The molecule has 2 saturated heterocycles. The smallest absolute Gasteiger partial charge is 0.382 e. The normalized spacial score (nSPS) is 22.5. The fourth-order valence-corrected chi connectivity index (χ4v) is 8.71. The molecule has 59 heavy (non-hydrogen) atoms. The molecular weight excluding hydrogens is 778 g/mol. The van der Waals surface area contributed by atoms with Crippen molar-refractivity contribution in [1.82, 2.24) is 14.6 Å². The van der Waals surface area contributed by atoms with Crippen LogP contribution in [0.15, 0.2) is 36.7 Å². The third-order valence-corrected chi connectivity index (χ3v) is 12.0. The minimum absolute atomic E-state index is 0.0378. The van der Waals surface area contributed by atoms with Crippen molar-refractivity contribution in [1.29, 1.82) is 10.5 Å². The van der Waals surface area contributed by atoms with E-state index in [0.717, 1.165) is 31.7 Å². The standard InChI is InChI=1S/C43H62FN6O8P/c1-4-5-6-7-8-9-10-11-12-13-14-15-16-17-18-19-20-35(53-27-33-23-32(26-45)24-34(44)25-33)28-54-59(51,52)55-30-43(29-46)40-39(56-42(2,3)58-40)38(57-43)36-21-22-37-41(47)48-31-49-50(36)37/h21-25,31,35,38-40H,4-20,27-28,30H2,1-3H3,(H,51,52)(H2,47,48,49)/t35-,38-,39-,40-,43+/m0/s1. The number of hydrogen-bond donors (Lipinski definition) is 2. The zero-order valence-corrected chi connectivity index (χ0v) is 35.8. The molecule has 2 aliphatic rings. The quantitative estimate of drug-likeness (QED) is 0.0544. The predicted molar refractivity (Wildman–Crippen MR) is 219 cm³/mol. The molecule has 14 nitrogen and oxygen atoms in total. The summed E-state index contributed by atoms with van der Waals surface area (Å²) in [4.78, 5) is 14.9. The van der Waals surface area contributed by atoms with Crippen LogP contribution in [-0.2, 0) is 39.2 Å². The monoisotopic (exact) mass is 840 g/mol. The molecule has 3 N–H and O–H groups in total. The number of anilines is 1. The lowest BCUT2D eigenvalue weighted by molar-refractivity contribution is -0.204. The van der Waals surface area contributed by atoms with Gasteiger partial charge >= 0.3 is 7.82 Å². The second kappa shape index (κ2) is 22.4. The van der Waals surface area contributed by atoms with Crippen LogP contribution in [0.4, 0.5) is 10.2 Å². The van der Waals surface area contributed by atoms with Gasteiger partial charge in [0.25, 0.3) is 0 Å². The first kappa shape index (κ1) is 46.6. The Morgan fingerprint density at radius 3 is 2.20 bits per heavy atom. The van der Waals surface area contributed by atoms with E-state index in [0.29, 0.717) is 23.2 Å². The molecule has 4 heterocycles. The summed E-state index contributed by atoms with van der Waals surface area (Å²) < 4.78 is 64.7. The lowest BCUT2D eigenvalue weighted by Gasteiger charge is -2.29. The molecule has 0 radical (unpaired) electrons. The number of nitrogen functional groups attached to an aromatic ring is 1. The van der Waals surface area contributed by atoms with Gasteiger partial charge in [-0.05, 0) is 56.2 Å². The van der Waals surface area contributed by atoms with Gasteiger partial charge in [0, 0.05) is 0 Å². The molecule has 2 fully saturated rings. The fraction of sp³-hybridized carbons (Fsp3) is 0.674. The van der Waals surface area contributed by atoms with E-state index in [1.165, 1.54) is 100 Å². The number of rotatable bonds is 27. The van der Waals surface area contributed by atoms with E-state index >= 15 is 0 Å². The van der Waals surface area contributed by atoms with E-state index < -0.39 is 56.1 Å². The number of ether oxygens (including phenoxy) is 4. The van der Waals surface area contributed by atoms with E-state index in [9.17, 15) is 24.4 Å². The number of nitrogens with two attached hydrogens (primary N) is 1. The van der Waals surface area contributed by atoms with Crippen molar-refractivity contribution in [3.05, 3.63) is 59.3 Å². The second-order valence-electron chi connectivity index (χ2n) is 16.3. The Labute approximate surface area is 348 Å². The number of benzene rings is 1. The summed E-state index contributed by atoms with van der Waals surface area (Å²) >= 11 is 0. The minimum Gasteiger partial charge on any atom is -0.382 e. The van der Waals surface area contributed by atoms with Gasteiger partial charge in [0.05, 0.1) is 36.6 Å². The molecule has 1 unspecified atom stereocenters. The van der Waals surface area contributed by atoms with E-state index in [4.69, 9.17) is 33.7 Å². The van der Waals surface area contributed by atoms with Gasteiger partial charge in [-0.15, -0.1) is 0 Å². The third kappa shape index (κ3) is 13.5. The summed E-state index contributed by atoms with van der Waals surface area (Å²) in [5, 5.41) is 24.1. The first-order valence-electron chi connectivity index (χ1n) is 21.3. The van der Waals surface area contributed by atoms with Gasteiger partial charge in [-0.3, -0.25) is 9.05 Å². The lowest BCUT2D eigenvalue weighted by atomic mass is 9.96. The highest BCUT2D eigenvalue weighted by molar-refractivity contribution is 7.47. The minimum atomic E-state index is -4.79. The summed E-state index contributed by atoms with van der Waals surface area (Å²) in [5.74, 6) is -1.42. The van der Waals surface area contributed by atoms with E-state index in [2.05, 4.69) is 23.1 Å². The third-order valence-electron chi connectivity index (χ3n) is 11.0. The van der Waals surface area contributed by atoms with E-state index in [-0.39, 0.29) is 24.6 Å². The van der Waals surface area contributed by atoms with Gasteiger partial charge in [-0.25, -0.2) is 18.5 Å². The van der Waals surface area contributed by atoms with Crippen molar-refractivity contribution in [2.75, 3.05) is 18.9 Å². The number of phosphoric ester groups is 1. The molecule has 2 aliphatic heterocycles. The highest BCUT2D eigenvalue weighted by Gasteiger charge is 2.65. The molecule has 2 aromatic heterocycles. The Morgan fingerprint density at radius 1 is 0.932 bits per heavy atom. The Bertz CT molecular complexity index is 1920. The molecule has 1 aromatic carbocycles. The van der Waals surface area contributed by atoms with Crippen molar-refractivity contribution >= 4 is 19.2 Å². The molecule has 3 aromatic rings. The van der Waals surface area contributed by atoms with Crippen LogP contribution in [0.5, 0.6) is 0 Å². The van der Waals surface area contributed by atoms with Gasteiger partial charge in [0.1, 0.15) is 48.6 Å². The summed E-state index contributed by atoms with van der Waals surface area (Å²) in [6, 6.07) is 11.5. The number of aromatic nitrogens is 3. The highest BCUT2D eigenvalue weighted by atomic mass is 31.2. The molecule has 0 spiro atoms. The SMILES string of the molecule is CCCCCCCCCCCCCCCCCC[C@@H](COP(=O)(O)OC[C@@]1(C#N)O[C@@H](c2ccc3c(N)ncnn23)[C@@H]2OC(C)(C)O[C@@H]21)OCc1cc(F)cc(C#N)c1.